The van der Waals surface area contributed by atoms with Crippen LogP contribution in [0.2, 0.25) is 0 Å². The van der Waals surface area contributed by atoms with Gasteiger partial charge in [0, 0.05) is 40.8 Å². The first kappa shape index (κ1) is 21.4. The Bertz CT molecular complexity index is 1490. The Labute approximate surface area is 191 Å². The summed E-state index contributed by atoms with van der Waals surface area (Å²) < 4.78 is 53.9. The van der Waals surface area contributed by atoms with Crippen molar-refractivity contribution in [1.29, 1.82) is 0 Å². The zero-order valence-electron chi connectivity index (χ0n) is 17.4. The molecule has 0 atom stereocenters. The zero-order chi connectivity index (χ0) is 23.7. The van der Waals surface area contributed by atoms with Gasteiger partial charge < -0.3 is 5.32 Å². The number of alkyl halides is 3. The second-order valence-electron chi connectivity index (χ2n) is 7.40. The number of nitrogens with one attached hydrogen (secondary N) is 1. The van der Waals surface area contributed by atoms with E-state index >= 15 is 0 Å². The van der Waals surface area contributed by atoms with E-state index in [1.54, 1.807) is 30.6 Å². The number of anilines is 2. The van der Waals surface area contributed by atoms with E-state index in [0.29, 0.717) is 22.8 Å². The first-order chi connectivity index (χ1) is 16.4. The highest BCUT2D eigenvalue weighted by Gasteiger charge is 2.32. The van der Waals surface area contributed by atoms with E-state index in [1.165, 1.54) is 18.2 Å². The molecule has 5 nitrogen and oxygen atoms in total. The van der Waals surface area contributed by atoms with Gasteiger partial charge in [0.25, 0.3) is 0 Å². The molecule has 1 N–H and O–H groups in total. The standard InChI is InChI=1S/C25H15F4N5/c26-20-14-17(5-6-18(20)16-9-12-31-22(13-16)25(27,28)29)32-24-19-3-1-2-4-21(19)33-23(34-24)15-7-10-30-11-8-15/h1-14H,(H,32,33,34). The first-order valence-corrected chi connectivity index (χ1v) is 10.2. The van der Waals surface area contributed by atoms with Crippen LogP contribution in [-0.2, 0) is 6.18 Å². The molecule has 34 heavy (non-hydrogen) atoms. The smallest absolute Gasteiger partial charge is 0.340 e. The maximum Gasteiger partial charge on any atom is 0.433 e. The molecular weight excluding hydrogens is 446 g/mol. The maximum absolute atomic E-state index is 14.9. The van der Waals surface area contributed by atoms with E-state index in [1.807, 2.05) is 24.3 Å². The van der Waals surface area contributed by atoms with Gasteiger partial charge >= 0.3 is 6.18 Å². The van der Waals surface area contributed by atoms with Crippen molar-refractivity contribution in [3.8, 4) is 22.5 Å². The van der Waals surface area contributed by atoms with Crippen molar-refractivity contribution in [3.05, 3.63) is 96.8 Å². The van der Waals surface area contributed by atoms with E-state index < -0.39 is 17.7 Å². The average molecular weight is 461 g/mol. The highest BCUT2D eigenvalue weighted by Crippen LogP contribution is 2.33. The molecule has 5 aromatic rings. The lowest BCUT2D eigenvalue weighted by atomic mass is 10.0. The van der Waals surface area contributed by atoms with Crippen molar-refractivity contribution >= 4 is 22.4 Å². The number of hydrogen-bond acceptors (Lipinski definition) is 5. The fourth-order valence-electron chi connectivity index (χ4n) is 3.52. The van der Waals surface area contributed by atoms with Gasteiger partial charge in [-0.05, 0) is 60.2 Å². The first-order valence-electron chi connectivity index (χ1n) is 10.2. The molecule has 5 rings (SSSR count). The van der Waals surface area contributed by atoms with Gasteiger partial charge in [-0.3, -0.25) is 9.97 Å². The summed E-state index contributed by atoms with van der Waals surface area (Å²) in [6.07, 6.45) is -0.331. The van der Waals surface area contributed by atoms with Gasteiger partial charge in [-0.2, -0.15) is 13.2 Å². The van der Waals surface area contributed by atoms with Crippen LogP contribution in [0.25, 0.3) is 33.4 Å². The molecule has 0 aliphatic carbocycles. The van der Waals surface area contributed by atoms with Gasteiger partial charge in [-0.1, -0.05) is 12.1 Å². The quantitative estimate of drug-likeness (QED) is 0.304. The molecule has 0 radical (unpaired) electrons. The third-order valence-electron chi connectivity index (χ3n) is 5.13. The van der Waals surface area contributed by atoms with Gasteiger partial charge in [-0.15, -0.1) is 0 Å². The topological polar surface area (TPSA) is 63.6 Å². The van der Waals surface area contributed by atoms with E-state index in [9.17, 15) is 17.6 Å². The summed E-state index contributed by atoms with van der Waals surface area (Å²) in [5, 5.41) is 3.84. The van der Waals surface area contributed by atoms with Crippen LogP contribution in [0.5, 0.6) is 0 Å². The summed E-state index contributed by atoms with van der Waals surface area (Å²) in [6, 6.07) is 17.3. The largest absolute Gasteiger partial charge is 0.433 e. The molecule has 0 saturated carbocycles. The summed E-state index contributed by atoms with van der Waals surface area (Å²) in [5.41, 5.74) is 0.879. The van der Waals surface area contributed by atoms with Crippen LogP contribution < -0.4 is 5.32 Å². The predicted molar refractivity (Wildman–Crippen MR) is 121 cm³/mol. The lowest BCUT2D eigenvalue weighted by molar-refractivity contribution is -0.141. The minimum atomic E-state index is -4.62. The molecule has 0 bridgehead atoms. The molecule has 9 heteroatoms. The van der Waals surface area contributed by atoms with Gasteiger partial charge in [0.15, 0.2) is 5.82 Å². The molecule has 0 amide bonds. The SMILES string of the molecule is Fc1cc(Nc2nc(-c3ccncc3)nc3ccccc23)ccc1-c1ccnc(C(F)(F)F)c1. The highest BCUT2D eigenvalue weighted by molar-refractivity contribution is 5.92. The number of rotatable bonds is 4. The molecule has 0 spiro atoms. The molecule has 0 saturated heterocycles. The molecule has 0 aliphatic heterocycles. The number of aromatic nitrogens is 4. The fraction of sp³-hybridized carbons (Fsp3) is 0.0400. The molecule has 168 valence electrons. The van der Waals surface area contributed by atoms with Crippen molar-refractivity contribution in [2.45, 2.75) is 6.18 Å². The Balaban J connectivity index is 1.52. The van der Waals surface area contributed by atoms with Crippen molar-refractivity contribution < 1.29 is 17.6 Å². The van der Waals surface area contributed by atoms with Crippen LogP contribution in [-0.4, -0.2) is 19.9 Å². The number of para-hydroxylation sites is 1. The molecule has 2 aromatic carbocycles. The van der Waals surface area contributed by atoms with Crippen LogP contribution in [0.4, 0.5) is 29.1 Å². The lowest BCUT2D eigenvalue weighted by Crippen LogP contribution is -2.07. The number of nitrogens with zero attached hydrogens (tertiary/aromatic N) is 4. The predicted octanol–water partition coefficient (Wildman–Crippen LogP) is 6.66. The van der Waals surface area contributed by atoms with E-state index in [-0.39, 0.29) is 11.1 Å². The van der Waals surface area contributed by atoms with Gasteiger partial charge in [0.2, 0.25) is 0 Å². The summed E-state index contributed by atoms with van der Waals surface area (Å²) in [4.78, 5) is 16.5. The third kappa shape index (κ3) is 4.27. The van der Waals surface area contributed by atoms with Crippen LogP contribution in [0.3, 0.4) is 0 Å². The lowest BCUT2D eigenvalue weighted by Gasteiger charge is -2.13. The van der Waals surface area contributed by atoms with Crippen LogP contribution in [0.1, 0.15) is 5.69 Å². The minimum Gasteiger partial charge on any atom is -0.340 e. The molecule has 0 aliphatic rings. The number of fused-ring (bicyclic) bond motifs is 1. The maximum atomic E-state index is 14.9. The number of benzene rings is 2. The average Bonchev–Trinajstić information content (AvgIpc) is 2.84. The fourth-order valence-corrected chi connectivity index (χ4v) is 3.52. The normalized spacial score (nSPS) is 11.5. The van der Waals surface area contributed by atoms with Gasteiger partial charge in [-0.25, -0.2) is 14.4 Å². The summed E-state index contributed by atoms with van der Waals surface area (Å²) in [6.45, 7) is 0. The van der Waals surface area contributed by atoms with E-state index in [0.717, 1.165) is 23.2 Å². The van der Waals surface area contributed by atoms with Gasteiger partial charge in [0.1, 0.15) is 17.3 Å². The van der Waals surface area contributed by atoms with Crippen LogP contribution in [0.15, 0.2) is 85.3 Å². The van der Waals surface area contributed by atoms with Gasteiger partial charge in [0.05, 0.1) is 5.52 Å². The Morgan fingerprint density at radius 3 is 2.29 bits per heavy atom. The number of pyridine rings is 2. The van der Waals surface area contributed by atoms with Crippen LogP contribution in [0, 0.1) is 5.82 Å². The second kappa shape index (κ2) is 8.51. The Hall–Kier alpha value is -4.40. The van der Waals surface area contributed by atoms with Crippen molar-refractivity contribution in [2.75, 3.05) is 5.32 Å². The van der Waals surface area contributed by atoms with E-state index in [2.05, 4.69) is 25.3 Å². The summed E-state index contributed by atoms with van der Waals surface area (Å²) >= 11 is 0. The summed E-state index contributed by atoms with van der Waals surface area (Å²) in [5.74, 6) is 0.252. The van der Waals surface area contributed by atoms with Crippen molar-refractivity contribution in [3.63, 3.8) is 0 Å². The number of hydrogen-bond donors (Lipinski definition) is 1. The third-order valence-corrected chi connectivity index (χ3v) is 5.13. The molecule has 0 fully saturated rings. The molecule has 0 unspecified atom stereocenters. The highest BCUT2D eigenvalue weighted by atomic mass is 19.4. The molecular formula is C25H15F4N5. The second-order valence-corrected chi connectivity index (χ2v) is 7.40. The Kier molecular flexibility index (Phi) is 5.37. The monoisotopic (exact) mass is 461 g/mol. The molecule has 3 aromatic heterocycles. The Morgan fingerprint density at radius 1 is 0.765 bits per heavy atom. The number of halogens is 4. The van der Waals surface area contributed by atoms with Crippen molar-refractivity contribution in [1.82, 2.24) is 19.9 Å². The summed E-state index contributed by atoms with van der Waals surface area (Å²) in [7, 11) is 0. The van der Waals surface area contributed by atoms with E-state index in [4.69, 9.17) is 0 Å². The van der Waals surface area contributed by atoms with Crippen LogP contribution >= 0.6 is 0 Å². The van der Waals surface area contributed by atoms with Crippen molar-refractivity contribution in [2.24, 2.45) is 0 Å². The minimum absolute atomic E-state index is 0.0310. The Morgan fingerprint density at radius 2 is 1.53 bits per heavy atom. The molecule has 3 heterocycles. The zero-order valence-corrected chi connectivity index (χ0v) is 17.4.